The van der Waals surface area contributed by atoms with Gasteiger partial charge in [0.2, 0.25) is 5.91 Å². The van der Waals surface area contributed by atoms with E-state index in [4.69, 9.17) is 0 Å². The molecule has 1 fully saturated rings. The number of carbonyl (C=O) groups excluding carboxylic acids is 2. The van der Waals surface area contributed by atoms with Crippen molar-refractivity contribution in [3.63, 3.8) is 0 Å². The van der Waals surface area contributed by atoms with Gasteiger partial charge in [0.25, 0.3) is 5.91 Å². The fourth-order valence-electron chi connectivity index (χ4n) is 3.24. The van der Waals surface area contributed by atoms with Gasteiger partial charge >= 0.3 is 0 Å². The number of nitrogens with zero attached hydrogens (tertiary/aromatic N) is 2. The fourth-order valence-corrected chi connectivity index (χ4v) is 3.24. The highest BCUT2D eigenvalue weighted by Crippen LogP contribution is 2.33. The Kier molecular flexibility index (Phi) is 3.04. The summed E-state index contributed by atoms with van der Waals surface area (Å²) in [6.45, 7) is 7.29. The third kappa shape index (κ3) is 1.74. The van der Waals surface area contributed by atoms with Crippen LogP contribution in [0.2, 0.25) is 0 Å². The molecule has 0 aromatic heterocycles. The maximum atomic E-state index is 12.7. The first-order valence-electron chi connectivity index (χ1n) is 7.28. The van der Waals surface area contributed by atoms with Crippen molar-refractivity contribution in [2.75, 3.05) is 18.0 Å². The normalized spacial score (nSPS) is 21.9. The van der Waals surface area contributed by atoms with Crippen molar-refractivity contribution in [1.29, 1.82) is 0 Å². The molecule has 4 nitrogen and oxygen atoms in total. The summed E-state index contributed by atoms with van der Waals surface area (Å²) < 4.78 is 0. The van der Waals surface area contributed by atoms with Crippen molar-refractivity contribution in [2.45, 2.75) is 39.7 Å². The predicted octanol–water partition coefficient (Wildman–Crippen LogP) is 2.27. The van der Waals surface area contributed by atoms with Gasteiger partial charge in [0.05, 0.1) is 11.3 Å². The van der Waals surface area contributed by atoms with Crippen LogP contribution < -0.4 is 4.90 Å². The highest BCUT2D eigenvalue weighted by atomic mass is 16.2. The average molecular weight is 272 g/mol. The van der Waals surface area contributed by atoms with E-state index < -0.39 is 0 Å². The summed E-state index contributed by atoms with van der Waals surface area (Å²) >= 11 is 0. The molecule has 0 unspecified atom stereocenters. The molecule has 1 saturated heterocycles. The lowest BCUT2D eigenvalue weighted by Crippen LogP contribution is -2.44. The van der Waals surface area contributed by atoms with Crippen LogP contribution >= 0.6 is 0 Å². The molecule has 0 saturated carbocycles. The van der Waals surface area contributed by atoms with Gasteiger partial charge in [-0.2, -0.15) is 0 Å². The van der Waals surface area contributed by atoms with Crippen molar-refractivity contribution < 1.29 is 9.59 Å². The zero-order chi connectivity index (χ0) is 14.4. The first-order chi connectivity index (χ1) is 9.54. The van der Waals surface area contributed by atoms with Crippen molar-refractivity contribution in [2.24, 2.45) is 0 Å². The van der Waals surface area contributed by atoms with Gasteiger partial charge in [0, 0.05) is 13.1 Å². The standard InChI is InChI=1S/C16H20N2O2/c1-4-17-14-9-11(3)10(2)8-12(14)15(19)18-7-5-6-13(18)16(17)20/h8-9,13H,4-7H2,1-3H3/t13-/m0/s1. The summed E-state index contributed by atoms with van der Waals surface area (Å²) in [4.78, 5) is 29.0. The van der Waals surface area contributed by atoms with E-state index >= 15 is 0 Å². The molecule has 4 heteroatoms. The van der Waals surface area contributed by atoms with Crippen molar-refractivity contribution in [3.8, 4) is 0 Å². The van der Waals surface area contributed by atoms with Crippen LogP contribution in [0, 0.1) is 13.8 Å². The van der Waals surface area contributed by atoms with Gasteiger partial charge in [0.15, 0.2) is 0 Å². The van der Waals surface area contributed by atoms with Crippen LogP contribution in [0.5, 0.6) is 0 Å². The van der Waals surface area contributed by atoms with Gasteiger partial charge in [-0.05, 0) is 56.9 Å². The second-order valence-corrected chi connectivity index (χ2v) is 5.69. The summed E-state index contributed by atoms with van der Waals surface area (Å²) in [5, 5.41) is 0. The average Bonchev–Trinajstić information content (AvgIpc) is 2.88. The highest BCUT2D eigenvalue weighted by molar-refractivity contribution is 6.11. The number of aryl methyl sites for hydroxylation is 2. The molecule has 106 valence electrons. The van der Waals surface area contributed by atoms with E-state index in [-0.39, 0.29) is 17.9 Å². The Hall–Kier alpha value is -1.84. The Bertz CT molecular complexity index is 594. The molecule has 0 radical (unpaired) electrons. The van der Waals surface area contributed by atoms with Crippen LogP contribution in [-0.4, -0.2) is 35.8 Å². The fraction of sp³-hybridized carbons (Fsp3) is 0.500. The van der Waals surface area contributed by atoms with E-state index in [9.17, 15) is 9.59 Å². The molecule has 20 heavy (non-hydrogen) atoms. The number of hydrogen-bond acceptors (Lipinski definition) is 2. The third-order valence-corrected chi connectivity index (χ3v) is 4.51. The summed E-state index contributed by atoms with van der Waals surface area (Å²) in [5.74, 6) is 0.0789. The smallest absolute Gasteiger partial charge is 0.256 e. The molecule has 1 aromatic carbocycles. The van der Waals surface area contributed by atoms with Crippen molar-refractivity contribution in [1.82, 2.24) is 4.90 Å². The summed E-state index contributed by atoms with van der Waals surface area (Å²) in [5.41, 5.74) is 3.66. The number of rotatable bonds is 1. The second kappa shape index (κ2) is 4.62. The van der Waals surface area contributed by atoms with Gasteiger partial charge in [-0.15, -0.1) is 0 Å². The molecule has 2 amide bonds. The molecule has 3 rings (SSSR count). The molecule has 0 spiro atoms. The zero-order valence-electron chi connectivity index (χ0n) is 12.3. The van der Waals surface area contributed by atoms with Crippen LogP contribution in [0.3, 0.4) is 0 Å². The maximum absolute atomic E-state index is 12.7. The van der Waals surface area contributed by atoms with E-state index in [1.165, 1.54) is 0 Å². The maximum Gasteiger partial charge on any atom is 0.256 e. The Morgan fingerprint density at radius 2 is 1.90 bits per heavy atom. The minimum Gasteiger partial charge on any atom is -0.327 e. The number of fused-ring (bicyclic) bond motifs is 2. The van der Waals surface area contributed by atoms with Gasteiger partial charge in [-0.1, -0.05) is 0 Å². The molecule has 2 aliphatic heterocycles. The number of benzene rings is 1. The molecule has 2 heterocycles. The lowest BCUT2D eigenvalue weighted by molar-refractivity contribution is -0.122. The number of carbonyl (C=O) groups is 2. The first-order valence-corrected chi connectivity index (χ1v) is 7.28. The van der Waals surface area contributed by atoms with Gasteiger partial charge in [0.1, 0.15) is 6.04 Å². The van der Waals surface area contributed by atoms with Crippen LogP contribution in [-0.2, 0) is 4.79 Å². The number of amides is 2. The predicted molar refractivity (Wildman–Crippen MR) is 78.0 cm³/mol. The summed E-state index contributed by atoms with van der Waals surface area (Å²) in [6, 6.07) is 3.64. The van der Waals surface area contributed by atoms with Gasteiger partial charge < -0.3 is 9.80 Å². The summed E-state index contributed by atoms with van der Waals surface area (Å²) in [7, 11) is 0. The highest BCUT2D eigenvalue weighted by Gasteiger charge is 2.41. The van der Waals surface area contributed by atoms with Crippen LogP contribution in [0.4, 0.5) is 5.69 Å². The van der Waals surface area contributed by atoms with E-state index in [0.717, 1.165) is 29.7 Å². The Morgan fingerprint density at radius 1 is 1.20 bits per heavy atom. The van der Waals surface area contributed by atoms with Gasteiger partial charge in [-0.3, -0.25) is 9.59 Å². The monoisotopic (exact) mass is 272 g/mol. The molecule has 0 N–H and O–H groups in total. The Labute approximate surface area is 119 Å². The van der Waals surface area contributed by atoms with Crippen molar-refractivity contribution in [3.05, 3.63) is 28.8 Å². The third-order valence-electron chi connectivity index (χ3n) is 4.51. The summed E-state index contributed by atoms with van der Waals surface area (Å²) in [6.07, 6.45) is 1.70. The van der Waals surface area contributed by atoms with Crippen LogP contribution in [0.15, 0.2) is 12.1 Å². The number of likely N-dealkylation sites (N-methyl/N-ethyl adjacent to an activating group) is 1. The lowest BCUT2D eigenvalue weighted by atomic mass is 10.0. The number of hydrogen-bond donors (Lipinski definition) is 0. The van der Waals surface area contributed by atoms with Crippen LogP contribution in [0.25, 0.3) is 0 Å². The number of anilines is 1. The molecular formula is C16H20N2O2. The molecule has 0 aliphatic carbocycles. The van der Waals surface area contributed by atoms with Gasteiger partial charge in [-0.25, -0.2) is 0 Å². The minimum absolute atomic E-state index is 0.00917. The lowest BCUT2D eigenvalue weighted by Gasteiger charge is -2.24. The van der Waals surface area contributed by atoms with E-state index in [1.54, 1.807) is 9.80 Å². The molecular weight excluding hydrogens is 252 g/mol. The Morgan fingerprint density at radius 3 is 2.60 bits per heavy atom. The topological polar surface area (TPSA) is 40.6 Å². The van der Waals surface area contributed by atoms with E-state index in [2.05, 4.69) is 0 Å². The molecule has 0 bridgehead atoms. The first kappa shape index (κ1) is 13.2. The van der Waals surface area contributed by atoms with Crippen LogP contribution in [0.1, 0.15) is 41.3 Å². The van der Waals surface area contributed by atoms with E-state index in [1.807, 2.05) is 32.9 Å². The van der Waals surface area contributed by atoms with E-state index in [0.29, 0.717) is 18.7 Å². The quantitative estimate of drug-likeness (QED) is 0.787. The second-order valence-electron chi connectivity index (χ2n) is 5.69. The largest absolute Gasteiger partial charge is 0.327 e. The SMILES string of the molecule is CCN1C(=O)[C@@H]2CCCN2C(=O)c2cc(C)c(C)cc21. The molecule has 2 aliphatic rings. The minimum atomic E-state index is -0.268. The zero-order valence-corrected chi connectivity index (χ0v) is 12.3. The molecule has 1 aromatic rings. The molecule has 1 atom stereocenters. The Balaban J connectivity index is 2.22. The van der Waals surface area contributed by atoms with Crippen molar-refractivity contribution >= 4 is 17.5 Å².